The quantitative estimate of drug-likeness (QED) is 0.758. The van der Waals surface area contributed by atoms with Crippen LogP contribution in [0.1, 0.15) is 47.0 Å². The molecule has 2 aliphatic heterocycles. The van der Waals surface area contributed by atoms with E-state index >= 15 is 0 Å². The molecule has 1 aliphatic carbocycles. The van der Waals surface area contributed by atoms with Gasteiger partial charge in [0.25, 0.3) is 0 Å². The third-order valence-corrected chi connectivity index (χ3v) is 6.86. The number of benzene rings is 1. The van der Waals surface area contributed by atoms with E-state index in [0.717, 1.165) is 36.2 Å². The molecule has 1 saturated carbocycles. The number of ether oxygens (including phenoxy) is 1. The summed E-state index contributed by atoms with van der Waals surface area (Å²) >= 11 is 0. The van der Waals surface area contributed by atoms with Crippen LogP contribution in [0.25, 0.3) is 0 Å². The zero-order chi connectivity index (χ0) is 18.4. The van der Waals surface area contributed by atoms with E-state index in [2.05, 4.69) is 44.7 Å². The summed E-state index contributed by atoms with van der Waals surface area (Å²) in [5.41, 5.74) is 0.391. The molecule has 5 heteroatoms. The average molecular weight is 357 g/mol. The van der Waals surface area contributed by atoms with Gasteiger partial charge in [0, 0.05) is 19.6 Å². The van der Waals surface area contributed by atoms with Gasteiger partial charge in [-0.1, -0.05) is 18.6 Å². The van der Waals surface area contributed by atoms with Crippen LogP contribution in [0, 0.1) is 11.8 Å². The molecule has 142 valence electrons. The fourth-order valence-electron chi connectivity index (χ4n) is 4.54. The third kappa shape index (κ3) is 3.54. The summed E-state index contributed by atoms with van der Waals surface area (Å²) in [6.45, 7) is 12.6. The van der Waals surface area contributed by atoms with Gasteiger partial charge in [-0.3, -0.25) is 4.90 Å². The number of nitrogens with zero attached hydrogens (tertiary/aromatic N) is 1. The SMILES string of the molecule is CC1(C)OB(c2cccc(OCCN3CC4CCCC4C3)c2)OC1(C)C. The maximum Gasteiger partial charge on any atom is 0.494 e. The molecule has 4 nitrogen and oxygen atoms in total. The van der Waals surface area contributed by atoms with Gasteiger partial charge in [0.1, 0.15) is 12.4 Å². The van der Waals surface area contributed by atoms with Crippen molar-refractivity contribution in [3.63, 3.8) is 0 Å². The second-order valence-electron chi connectivity index (χ2n) is 9.22. The second kappa shape index (κ2) is 6.85. The Balaban J connectivity index is 1.31. The van der Waals surface area contributed by atoms with Gasteiger partial charge in [-0.15, -0.1) is 0 Å². The summed E-state index contributed by atoms with van der Waals surface area (Å²) in [6.07, 6.45) is 4.29. The molecule has 0 bridgehead atoms. The highest BCUT2D eigenvalue weighted by molar-refractivity contribution is 6.62. The molecule has 0 spiro atoms. The molecule has 1 aromatic carbocycles. The lowest BCUT2D eigenvalue weighted by Crippen LogP contribution is -2.41. The lowest BCUT2D eigenvalue weighted by atomic mass is 9.79. The van der Waals surface area contributed by atoms with E-state index in [0.29, 0.717) is 0 Å². The lowest BCUT2D eigenvalue weighted by molar-refractivity contribution is 0.00578. The predicted octanol–water partition coefficient (Wildman–Crippen LogP) is 3.10. The minimum atomic E-state index is -0.332. The van der Waals surface area contributed by atoms with Gasteiger partial charge in [0.05, 0.1) is 11.2 Å². The number of hydrogen-bond acceptors (Lipinski definition) is 4. The fourth-order valence-corrected chi connectivity index (χ4v) is 4.54. The van der Waals surface area contributed by atoms with Crippen LogP contribution in [0.15, 0.2) is 24.3 Å². The molecular weight excluding hydrogens is 325 g/mol. The van der Waals surface area contributed by atoms with Crippen molar-refractivity contribution >= 4 is 12.6 Å². The van der Waals surface area contributed by atoms with Gasteiger partial charge < -0.3 is 14.0 Å². The topological polar surface area (TPSA) is 30.9 Å². The normalized spacial score (nSPS) is 29.9. The van der Waals surface area contributed by atoms with Crippen LogP contribution in [-0.4, -0.2) is 49.5 Å². The van der Waals surface area contributed by atoms with Crippen LogP contribution in [0.5, 0.6) is 5.75 Å². The van der Waals surface area contributed by atoms with E-state index in [1.807, 2.05) is 12.1 Å². The minimum absolute atomic E-state index is 0.317. The maximum absolute atomic E-state index is 6.15. The molecular formula is C21H32BNO3. The Kier molecular flexibility index (Phi) is 4.83. The summed E-state index contributed by atoms with van der Waals surface area (Å²) in [5.74, 6) is 2.79. The first kappa shape index (κ1) is 18.3. The Bertz CT molecular complexity index is 620. The fraction of sp³-hybridized carbons (Fsp3) is 0.714. The predicted molar refractivity (Wildman–Crippen MR) is 105 cm³/mol. The van der Waals surface area contributed by atoms with Gasteiger partial charge in [0.15, 0.2) is 0 Å². The van der Waals surface area contributed by atoms with Crippen molar-refractivity contribution in [2.24, 2.45) is 11.8 Å². The van der Waals surface area contributed by atoms with E-state index in [4.69, 9.17) is 14.0 Å². The zero-order valence-corrected chi connectivity index (χ0v) is 16.7. The third-order valence-electron chi connectivity index (χ3n) is 6.86. The summed E-state index contributed by atoms with van der Waals surface area (Å²) < 4.78 is 18.3. The summed E-state index contributed by atoms with van der Waals surface area (Å²) in [5, 5.41) is 0. The van der Waals surface area contributed by atoms with Crippen molar-refractivity contribution in [2.45, 2.75) is 58.2 Å². The molecule has 0 amide bonds. The summed E-state index contributed by atoms with van der Waals surface area (Å²) in [6, 6.07) is 8.15. The Labute approximate surface area is 158 Å². The Hall–Kier alpha value is -1.04. The summed E-state index contributed by atoms with van der Waals surface area (Å²) in [7, 11) is -0.332. The highest BCUT2D eigenvalue weighted by atomic mass is 16.7. The largest absolute Gasteiger partial charge is 0.494 e. The summed E-state index contributed by atoms with van der Waals surface area (Å²) in [4.78, 5) is 2.58. The molecule has 1 aromatic rings. The Morgan fingerprint density at radius 3 is 2.38 bits per heavy atom. The molecule has 26 heavy (non-hydrogen) atoms. The van der Waals surface area contributed by atoms with Crippen LogP contribution in [0.4, 0.5) is 0 Å². The number of likely N-dealkylation sites (tertiary alicyclic amines) is 1. The Morgan fingerprint density at radius 2 is 1.73 bits per heavy atom. The molecule has 3 aliphatic rings. The molecule has 2 heterocycles. The molecule has 2 unspecified atom stereocenters. The van der Waals surface area contributed by atoms with E-state index in [1.165, 1.54) is 32.4 Å². The van der Waals surface area contributed by atoms with Crippen LogP contribution in [-0.2, 0) is 9.31 Å². The van der Waals surface area contributed by atoms with E-state index in [-0.39, 0.29) is 18.3 Å². The molecule has 4 rings (SSSR count). The van der Waals surface area contributed by atoms with E-state index < -0.39 is 0 Å². The average Bonchev–Trinajstić information content (AvgIpc) is 3.20. The van der Waals surface area contributed by atoms with Gasteiger partial charge in [-0.2, -0.15) is 0 Å². The van der Waals surface area contributed by atoms with Crippen molar-refractivity contribution in [2.75, 3.05) is 26.2 Å². The highest BCUT2D eigenvalue weighted by Gasteiger charge is 2.51. The van der Waals surface area contributed by atoms with Crippen molar-refractivity contribution in [3.8, 4) is 5.75 Å². The van der Waals surface area contributed by atoms with Crippen molar-refractivity contribution in [3.05, 3.63) is 24.3 Å². The van der Waals surface area contributed by atoms with Gasteiger partial charge in [-0.05, 0) is 70.0 Å². The van der Waals surface area contributed by atoms with Gasteiger partial charge >= 0.3 is 7.12 Å². The van der Waals surface area contributed by atoms with Gasteiger partial charge in [0.2, 0.25) is 0 Å². The Morgan fingerprint density at radius 1 is 1.08 bits per heavy atom. The molecule has 2 saturated heterocycles. The van der Waals surface area contributed by atoms with Crippen LogP contribution in [0.3, 0.4) is 0 Å². The number of rotatable bonds is 5. The van der Waals surface area contributed by atoms with Crippen molar-refractivity contribution < 1.29 is 14.0 Å². The highest BCUT2D eigenvalue weighted by Crippen LogP contribution is 2.38. The minimum Gasteiger partial charge on any atom is -0.492 e. The standard InChI is InChI=1S/C21H32BNO3/c1-20(2)21(3,4)26-22(25-20)18-9-6-10-19(13-18)24-12-11-23-14-16-7-5-8-17(16)15-23/h6,9-10,13,16-17H,5,7-8,11-12,14-15H2,1-4H3. The maximum atomic E-state index is 6.15. The monoisotopic (exact) mass is 357 g/mol. The number of fused-ring (bicyclic) bond motifs is 1. The molecule has 0 N–H and O–H groups in total. The first-order valence-electron chi connectivity index (χ1n) is 10.1. The first-order valence-corrected chi connectivity index (χ1v) is 10.1. The number of hydrogen-bond donors (Lipinski definition) is 0. The lowest BCUT2D eigenvalue weighted by Gasteiger charge is -2.32. The molecule has 0 aromatic heterocycles. The molecule has 0 radical (unpaired) electrons. The zero-order valence-electron chi connectivity index (χ0n) is 16.7. The second-order valence-corrected chi connectivity index (χ2v) is 9.22. The van der Waals surface area contributed by atoms with E-state index in [9.17, 15) is 0 Å². The van der Waals surface area contributed by atoms with Crippen LogP contribution >= 0.6 is 0 Å². The first-order chi connectivity index (χ1) is 12.3. The van der Waals surface area contributed by atoms with Crippen molar-refractivity contribution in [1.82, 2.24) is 4.90 Å². The van der Waals surface area contributed by atoms with Crippen LogP contribution < -0.4 is 10.2 Å². The van der Waals surface area contributed by atoms with Gasteiger partial charge in [-0.25, -0.2) is 0 Å². The van der Waals surface area contributed by atoms with E-state index in [1.54, 1.807) is 0 Å². The van der Waals surface area contributed by atoms with Crippen molar-refractivity contribution in [1.29, 1.82) is 0 Å². The molecule has 2 atom stereocenters. The smallest absolute Gasteiger partial charge is 0.492 e. The van der Waals surface area contributed by atoms with Crippen LogP contribution in [0.2, 0.25) is 0 Å². The molecule has 3 fully saturated rings.